The third-order valence-electron chi connectivity index (χ3n) is 4.40. The summed E-state index contributed by atoms with van der Waals surface area (Å²) >= 11 is 0. The van der Waals surface area contributed by atoms with E-state index < -0.39 is 0 Å². The van der Waals surface area contributed by atoms with Gasteiger partial charge in [-0.15, -0.1) is 0 Å². The molecule has 0 aliphatic carbocycles. The molecule has 0 bridgehead atoms. The van der Waals surface area contributed by atoms with Gasteiger partial charge < -0.3 is 15.0 Å². The maximum Gasteiger partial charge on any atom is 0.230 e. The molecule has 3 heterocycles. The van der Waals surface area contributed by atoms with Gasteiger partial charge in [-0.3, -0.25) is 9.78 Å². The number of nitrogens with zero attached hydrogens (tertiary/aromatic N) is 3. The fourth-order valence-electron chi connectivity index (χ4n) is 3.05. The molecule has 0 unspecified atom stereocenters. The molecule has 4 rings (SSSR count). The second kappa shape index (κ2) is 7.49. The number of carbonyl (C=O) groups is 1. The Morgan fingerprint density at radius 1 is 1.08 bits per heavy atom. The molecule has 26 heavy (non-hydrogen) atoms. The van der Waals surface area contributed by atoms with E-state index in [1.807, 2.05) is 42.5 Å². The molecule has 0 radical (unpaired) electrons. The van der Waals surface area contributed by atoms with E-state index in [0.29, 0.717) is 5.82 Å². The number of morpholine rings is 1. The minimum absolute atomic E-state index is 0.103. The third-order valence-corrected chi connectivity index (χ3v) is 4.40. The Balaban J connectivity index is 1.39. The topological polar surface area (TPSA) is 67.4 Å². The predicted molar refractivity (Wildman–Crippen MR) is 101 cm³/mol. The van der Waals surface area contributed by atoms with E-state index >= 15 is 0 Å². The first-order chi connectivity index (χ1) is 12.8. The SMILES string of the molecule is O=C(Cc1cnc2ccccc2c1)Nc1ccc(N2CCOCC2)cn1. The monoisotopic (exact) mass is 348 g/mol. The fraction of sp³-hybridized carbons (Fsp3) is 0.250. The van der Waals surface area contributed by atoms with Crippen LogP contribution in [0.4, 0.5) is 11.5 Å². The highest BCUT2D eigenvalue weighted by molar-refractivity contribution is 5.92. The zero-order valence-corrected chi connectivity index (χ0v) is 14.4. The molecule has 1 aromatic carbocycles. The Morgan fingerprint density at radius 3 is 2.73 bits per heavy atom. The number of para-hydroxylation sites is 1. The number of fused-ring (bicyclic) bond motifs is 1. The molecule has 0 spiro atoms. The van der Waals surface area contributed by atoms with Crippen LogP contribution in [0.25, 0.3) is 10.9 Å². The van der Waals surface area contributed by atoms with Crippen LogP contribution in [-0.4, -0.2) is 42.2 Å². The van der Waals surface area contributed by atoms with Crippen LogP contribution >= 0.6 is 0 Å². The number of hydrogen-bond acceptors (Lipinski definition) is 5. The Bertz CT molecular complexity index is 905. The second-order valence-electron chi connectivity index (χ2n) is 6.26. The predicted octanol–water partition coefficient (Wildman–Crippen LogP) is 2.65. The van der Waals surface area contributed by atoms with Gasteiger partial charge in [0.2, 0.25) is 5.91 Å². The van der Waals surface area contributed by atoms with Gasteiger partial charge in [0.1, 0.15) is 5.82 Å². The van der Waals surface area contributed by atoms with Gasteiger partial charge in [0, 0.05) is 24.7 Å². The van der Waals surface area contributed by atoms with Crippen molar-refractivity contribution in [2.45, 2.75) is 6.42 Å². The smallest absolute Gasteiger partial charge is 0.230 e. The molecule has 1 aliphatic rings. The number of amides is 1. The van der Waals surface area contributed by atoms with Crippen molar-refractivity contribution in [3.05, 3.63) is 60.4 Å². The standard InChI is InChI=1S/C20H20N4O2/c25-20(12-15-11-16-3-1-2-4-18(16)21-13-15)23-19-6-5-17(14-22-19)24-7-9-26-10-8-24/h1-6,11,13-14H,7-10,12H2,(H,22,23,25). The van der Waals surface area contributed by atoms with Crippen molar-refractivity contribution in [3.63, 3.8) is 0 Å². The summed E-state index contributed by atoms with van der Waals surface area (Å²) in [7, 11) is 0. The zero-order chi connectivity index (χ0) is 17.8. The summed E-state index contributed by atoms with van der Waals surface area (Å²) in [6.07, 6.45) is 3.81. The van der Waals surface area contributed by atoms with Gasteiger partial charge >= 0.3 is 0 Å². The number of hydrogen-bond donors (Lipinski definition) is 1. The third kappa shape index (κ3) is 3.81. The van der Waals surface area contributed by atoms with Crippen molar-refractivity contribution in [2.75, 3.05) is 36.5 Å². The molecule has 0 atom stereocenters. The quantitative estimate of drug-likeness (QED) is 0.785. The van der Waals surface area contributed by atoms with Crippen molar-refractivity contribution < 1.29 is 9.53 Å². The largest absolute Gasteiger partial charge is 0.378 e. The Labute approximate surface area is 151 Å². The lowest BCUT2D eigenvalue weighted by Gasteiger charge is -2.28. The van der Waals surface area contributed by atoms with Crippen molar-refractivity contribution in [1.82, 2.24) is 9.97 Å². The van der Waals surface area contributed by atoms with E-state index in [2.05, 4.69) is 20.2 Å². The van der Waals surface area contributed by atoms with Gasteiger partial charge in [0.05, 0.1) is 37.0 Å². The number of benzene rings is 1. The van der Waals surface area contributed by atoms with Gasteiger partial charge in [-0.05, 0) is 29.8 Å². The minimum Gasteiger partial charge on any atom is -0.378 e. The van der Waals surface area contributed by atoms with Gasteiger partial charge in [-0.2, -0.15) is 0 Å². The van der Waals surface area contributed by atoms with Crippen LogP contribution in [0.2, 0.25) is 0 Å². The first kappa shape index (κ1) is 16.5. The van der Waals surface area contributed by atoms with Gasteiger partial charge in [0.25, 0.3) is 0 Å². The number of rotatable bonds is 4. The van der Waals surface area contributed by atoms with Crippen LogP contribution < -0.4 is 10.2 Å². The molecule has 2 aromatic heterocycles. The van der Waals surface area contributed by atoms with Crippen LogP contribution in [0.15, 0.2) is 54.9 Å². The molecule has 1 amide bonds. The normalized spacial score (nSPS) is 14.4. The number of anilines is 2. The van der Waals surface area contributed by atoms with E-state index in [0.717, 1.165) is 48.5 Å². The minimum atomic E-state index is -0.103. The number of pyridine rings is 2. The highest BCUT2D eigenvalue weighted by Crippen LogP contribution is 2.17. The lowest BCUT2D eigenvalue weighted by Crippen LogP contribution is -2.36. The van der Waals surface area contributed by atoms with Crippen molar-refractivity contribution >= 4 is 28.3 Å². The van der Waals surface area contributed by atoms with Crippen LogP contribution in [0.5, 0.6) is 0 Å². The van der Waals surface area contributed by atoms with Crippen LogP contribution in [0.3, 0.4) is 0 Å². The molecule has 6 heteroatoms. The summed E-state index contributed by atoms with van der Waals surface area (Å²) in [6, 6.07) is 13.7. The Morgan fingerprint density at radius 2 is 1.92 bits per heavy atom. The van der Waals surface area contributed by atoms with E-state index in [-0.39, 0.29) is 12.3 Å². The van der Waals surface area contributed by atoms with Gasteiger partial charge in [-0.1, -0.05) is 18.2 Å². The summed E-state index contributed by atoms with van der Waals surface area (Å²) in [6.45, 7) is 3.20. The molecule has 1 fully saturated rings. The average molecular weight is 348 g/mol. The van der Waals surface area contributed by atoms with Crippen molar-refractivity contribution in [3.8, 4) is 0 Å². The maximum atomic E-state index is 12.3. The summed E-state index contributed by atoms with van der Waals surface area (Å²) in [4.78, 5) is 23.3. The van der Waals surface area contributed by atoms with E-state index in [4.69, 9.17) is 4.74 Å². The van der Waals surface area contributed by atoms with E-state index in [1.54, 1.807) is 12.4 Å². The number of carbonyl (C=O) groups excluding carboxylic acids is 1. The van der Waals surface area contributed by atoms with Crippen molar-refractivity contribution in [1.29, 1.82) is 0 Å². The maximum absolute atomic E-state index is 12.3. The number of nitrogens with one attached hydrogen (secondary N) is 1. The van der Waals surface area contributed by atoms with E-state index in [1.165, 1.54) is 0 Å². The highest BCUT2D eigenvalue weighted by Gasteiger charge is 2.12. The van der Waals surface area contributed by atoms with E-state index in [9.17, 15) is 4.79 Å². The van der Waals surface area contributed by atoms with Crippen LogP contribution in [-0.2, 0) is 16.0 Å². The molecule has 1 aliphatic heterocycles. The summed E-state index contributed by atoms with van der Waals surface area (Å²) in [5.74, 6) is 0.453. The van der Waals surface area contributed by atoms with Gasteiger partial charge in [0.15, 0.2) is 0 Å². The van der Waals surface area contributed by atoms with Gasteiger partial charge in [-0.25, -0.2) is 4.98 Å². The molecule has 1 saturated heterocycles. The first-order valence-corrected chi connectivity index (χ1v) is 8.70. The summed E-state index contributed by atoms with van der Waals surface area (Å²) in [5, 5.41) is 3.88. The van der Waals surface area contributed by atoms with Crippen LogP contribution in [0, 0.1) is 0 Å². The molecular weight excluding hydrogens is 328 g/mol. The Kier molecular flexibility index (Phi) is 4.75. The van der Waals surface area contributed by atoms with Crippen LogP contribution in [0.1, 0.15) is 5.56 Å². The highest BCUT2D eigenvalue weighted by atomic mass is 16.5. The zero-order valence-electron chi connectivity index (χ0n) is 14.4. The fourth-order valence-corrected chi connectivity index (χ4v) is 3.05. The molecule has 3 aromatic rings. The number of aromatic nitrogens is 2. The molecular formula is C20H20N4O2. The summed E-state index contributed by atoms with van der Waals surface area (Å²) < 4.78 is 5.36. The van der Waals surface area contributed by atoms with Crippen molar-refractivity contribution in [2.24, 2.45) is 0 Å². The average Bonchev–Trinajstić information content (AvgIpc) is 2.69. The summed E-state index contributed by atoms with van der Waals surface area (Å²) in [5.41, 5.74) is 2.85. The first-order valence-electron chi connectivity index (χ1n) is 8.70. The molecule has 0 saturated carbocycles. The molecule has 6 nitrogen and oxygen atoms in total. The second-order valence-corrected chi connectivity index (χ2v) is 6.26. The molecule has 1 N–H and O–H groups in total. The molecule has 132 valence electrons. The lowest BCUT2D eigenvalue weighted by molar-refractivity contribution is -0.115. The Hall–Kier alpha value is -2.99. The lowest BCUT2D eigenvalue weighted by atomic mass is 10.1. The number of ether oxygens (including phenoxy) is 1.